The quantitative estimate of drug-likeness (QED) is 0.381. The zero-order valence-corrected chi connectivity index (χ0v) is 17.5. The van der Waals surface area contributed by atoms with Crippen molar-refractivity contribution in [3.63, 3.8) is 0 Å². The summed E-state index contributed by atoms with van der Waals surface area (Å²) in [6.45, 7) is 4.21. The van der Waals surface area contributed by atoms with E-state index in [9.17, 15) is 9.90 Å². The Morgan fingerprint density at radius 1 is 1.16 bits per heavy atom. The molecular formula is C25H24N2O4. The highest BCUT2D eigenvalue weighted by Gasteiger charge is 2.22. The van der Waals surface area contributed by atoms with Gasteiger partial charge in [0.05, 0.1) is 18.4 Å². The largest absolute Gasteiger partial charge is 0.505 e. The monoisotopic (exact) mass is 416 g/mol. The molecule has 0 aliphatic rings. The number of carbonyl (C=O) groups excluding carboxylic acids is 1. The molecule has 0 saturated heterocycles. The van der Waals surface area contributed by atoms with Crippen LogP contribution in [0.3, 0.4) is 0 Å². The van der Waals surface area contributed by atoms with E-state index >= 15 is 0 Å². The lowest BCUT2D eigenvalue weighted by molar-refractivity contribution is 0.0505. The second kappa shape index (κ2) is 8.92. The summed E-state index contributed by atoms with van der Waals surface area (Å²) in [6.07, 6.45) is 2.35. The number of phenols is 1. The van der Waals surface area contributed by atoms with Crippen LogP contribution < -0.4 is 5.32 Å². The number of furan rings is 1. The smallest absolute Gasteiger partial charge is 0.338 e. The molecule has 158 valence electrons. The first-order valence-corrected chi connectivity index (χ1v) is 10.2. The van der Waals surface area contributed by atoms with Crippen LogP contribution >= 0.6 is 0 Å². The van der Waals surface area contributed by atoms with Gasteiger partial charge in [-0.15, -0.1) is 0 Å². The van der Waals surface area contributed by atoms with Crippen molar-refractivity contribution in [2.24, 2.45) is 0 Å². The Morgan fingerprint density at radius 3 is 2.77 bits per heavy atom. The number of esters is 1. The summed E-state index contributed by atoms with van der Waals surface area (Å²) in [5.41, 5.74) is 3.13. The molecule has 6 nitrogen and oxygen atoms in total. The number of nitrogens with zero attached hydrogens (tertiary/aromatic N) is 1. The Balaban J connectivity index is 1.72. The lowest BCUT2D eigenvalue weighted by atomic mass is 10.00. The van der Waals surface area contributed by atoms with Gasteiger partial charge in [-0.05, 0) is 49.7 Å². The highest BCUT2D eigenvalue weighted by molar-refractivity contribution is 5.90. The van der Waals surface area contributed by atoms with Crippen LogP contribution in [0.25, 0.3) is 10.9 Å². The number of aromatic nitrogens is 1. The van der Waals surface area contributed by atoms with Crippen molar-refractivity contribution in [2.75, 3.05) is 11.9 Å². The minimum atomic E-state index is -0.483. The summed E-state index contributed by atoms with van der Waals surface area (Å²) in [7, 11) is 0. The molecule has 4 aromatic rings. The molecular weight excluding hydrogens is 392 g/mol. The zero-order chi connectivity index (χ0) is 21.8. The first kappa shape index (κ1) is 20.5. The lowest BCUT2D eigenvalue weighted by Gasteiger charge is -2.20. The number of rotatable bonds is 7. The fourth-order valence-corrected chi connectivity index (χ4v) is 3.46. The molecule has 0 fully saturated rings. The molecule has 2 N–H and O–H groups in total. The number of pyridine rings is 1. The molecule has 0 bridgehead atoms. The maximum absolute atomic E-state index is 12.3. The predicted octanol–water partition coefficient (Wildman–Crippen LogP) is 5.61. The van der Waals surface area contributed by atoms with Crippen molar-refractivity contribution in [1.29, 1.82) is 0 Å². The van der Waals surface area contributed by atoms with E-state index < -0.39 is 6.04 Å². The molecule has 6 heteroatoms. The van der Waals surface area contributed by atoms with E-state index in [1.165, 1.54) is 0 Å². The second-order valence-corrected chi connectivity index (χ2v) is 7.34. The fourth-order valence-electron chi connectivity index (χ4n) is 3.46. The molecule has 1 atom stereocenters. The average Bonchev–Trinajstić information content (AvgIpc) is 3.32. The van der Waals surface area contributed by atoms with Crippen LogP contribution in [0.1, 0.15) is 46.8 Å². The van der Waals surface area contributed by atoms with E-state index in [1.807, 2.05) is 50.2 Å². The number of anilines is 1. The molecule has 0 aliphatic carbocycles. The maximum atomic E-state index is 12.3. The van der Waals surface area contributed by atoms with Gasteiger partial charge in [-0.25, -0.2) is 9.78 Å². The minimum absolute atomic E-state index is 0.0913. The fraction of sp³-hybridized carbons (Fsp3) is 0.200. The van der Waals surface area contributed by atoms with Gasteiger partial charge in [0.15, 0.2) is 0 Å². The zero-order valence-electron chi connectivity index (χ0n) is 17.5. The van der Waals surface area contributed by atoms with Gasteiger partial charge in [0, 0.05) is 22.3 Å². The number of hydrogen-bond donors (Lipinski definition) is 2. The van der Waals surface area contributed by atoms with Crippen LogP contribution in [-0.4, -0.2) is 22.7 Å². The van der Waals surface area contributed by atoms with Gasteiger partial charge in [-0.2, -0.15) is 0 Å². The van der Waals surface area contributed by atoms with Crippen LogP contribution in [0, 0.1) is 6.92 Å². The summed E-state index contributed by atoms with van der Waals surface area (Å²) in [4.78, 5) is 16.8. The highest BCUT2D eigenvalue weighted by Crippen LogP contribution is 2.37. The van der Waals surface area contributed by atoms with Crippen LogP contribution in [0.5, 0.6) is 5.75 Å². The third kappa shape index (κ3) is 4.38. The second-order valence-electron chi connectivity index (χ2n) is 7.34. The Morgan fingerprint density at radius 2 is 2.00 bits per heavy atom. The van der Waals surface area contributed by atoms with Gasteiger partial charge in [-0.3, -0.25) is 0 Å². The Kier molecular flexibility index (Phi) is 5.89. The van der Waals surface area contributed by atoms with Gasteiger partial charge < -0.3 is 19.6 Å². The first-order chi connectivity index (χ1) is 15.1. The van der Waals surface area contributed by atoms with Crippen LogP contribution in [0.15, 0.2) is 71.3 Å². The molecule has 4 rings (SSSR count). The summed E-state index contributed by atoms with van der Waals surface area (Å²) < 4.78 is 10.9. The number of fused-ring (bicyclic) bond motifs is 1. The molecule has 0 spiro atoms. The van der Waals surface area contributed by atoms with E-state index in [2.05, 4.69) is 10.3 Å². The number of carbonyl (C=O) groups is 1. The number of ether oxygens (including phenoxy) is 1. The van der Waals surface area contributed by atoms with E-state index in [0.29, 0.717) is 34.7 Å². The number of hydrogen-bond acceptors (Lipinski definition) is 6. The van der Waals surface area contributed by atoms with Crippen LogP contribution in [-0.2, 0) is 4.74 Å². The minimum Gasteiger partial charge on any atom is -0.505 e. The van der Waals surface area contributed by atoms with Crippen molar-refractivity contribution in [3.05, 3.63) is 89.5 Å². The molecule has 0 aliphatic heterocycles. The molecule has 2 heterocycles. The molecule has 31 heavy (non-hydrogen) atoms. The van der Waals surface area contributed by atoms with Gasteiger partial charge in [0.2, 0.25) is 0 Å². The van der Waals surface area contributed by atoms with Crippen LogP contribution in [0.2, 0.25) is 0 Å². The van der Waals surface area contributed by atoms with Gasteiger partial charge in [0.25, 0.3) is 0 Å². The maximum Gasteiger partial charge on any atom is 0.338 e. The van der Waals surface area contributed by atoms with Gasteiger partial charge >= 0.3 is 5.97 Å². The van der Waals surface area contributed by atoms with Gasteiger partial charge in [-0.1, -0.05) is 31.2 Å². The number of nitrogens with one attached hydrogen (secondary N) is 1. The van der Waals surface area contributed by atoms with Crippen molar-refractivity contribution in [1.82, 2.24) is 4.98 Å². The number of benzene rings is 2. The standard InChI is InChI=1S/C25H24N2O4/c1-3-13-31-25(29)18-6-4-7-19(15-18)27-23(21-8-5-14-30-21)20-12-11-17-10-9-16(2)26-22(17)24(20)28/h4-12,14-15,23,27-28H,3,13H2,1-2H3. The SMILES string of the molecule is CCCOC(=O)c1cccc(NC(c2ccco2)c2ccc3ccc(C)nc3c2O)c1. The lowest BCUT2D eigenvalue weighted by Crippen LogP contribution is -2.13. The Bertz CT molecular complexity index is 1200. The summed E-state index contributed by atoms with van der Waals surface area (Å²) in [5, 5.41) is 15.3. The summed E-state index contributed by atoms with van der Waals surface area (Å²) >= 11 is 0. The highest BCUT2D eigenvalue weighted by atomic mass is 16.5. The number of aryl methyl sites for hydroxylation is 1. The van der Waals surface area contributed by atoms with Crippen molar-refractivity contribution >= 4 is 22.6 Å². The number of aromatic hydroxyl groups is 1. The molecule has 2 aromatic carbocycles. The average molecular weight is 416 g/mol. The molecule has 0 radical (unpaired) electrons. The molecule has 0 saturated carbocycles. The van der Waals surface area contributed by atoms with Crippen molar-refractivity contribution < 1.29 is 19.1 Å². The van der Waals surface area contributed by atoms with E-state index in [-0.39, 0.29) is 11.7 Å². The predicted molar refractivity (Wildman–Crippen MR) is 119 cm³/mol. The van der Waals surface area contributed by atoms with E-state index in [0.717, 1.165) is 17.5 Å². The Hall–Kier alpha value is -3.80. The molecule has 0 amide bonds. The third-order valence-electron chi connectivity index (χ3n) is 4.99. The van der Waals surface area contributed by atoms with Gasteiger partial charge in [0.1, 0.15) is 23.1 Å². The topological polar surface area (TPSA) is 84.6 Å². The van der Waals surface area contributed by atoms with Crippen LogP contribution in [0.4, 0.5) is 5.69 Å². The first-order valence-electron chi connectivity index (χ1n) is 10.2. The summed E-state index contributed by atoms with van der Waals surface area (Å²) in [5.74, 6) is 0.350. The Labute approximate surface area is 180 Å². The summed E-state index contributed by atoms with van der Waals surface area (Å²) in [6, 6.07) is 17.9. The number of phenolic OH excluding ortho intramolecular Hbond substituents is 1. The van der Waals surface area contributed by atoms with Crippen molar-refractivity contribution in [3.8, 4) is 5.75 Å². The third-order valence-corrected chi connectivity index (χ3v) is 4.99. The van der Waals surface area contributed by atoms with E-state index in [1.54, 1.807) is 30.5 Å². The molecule has 2 aromatic heterocycles. The van der Waals surface area contributed by atoms with E-state index in [4.69, 9.17) is 9.15 Å². The van der Waals surface area contributed by atoms with Crippen molar-refractivity contribution in [2.45, 2.75) is 26.3 Å². The normalized spacial score (nSPS) is 11.9. The molecule has 1 unspecified atom stereocenters.